The van der Waals surface area contributed by atoms with Crippen molar-refractivity contribution in [2.45, 2.75) is 0 Å². The summed E-state index contributed by atoms with van der Waals surface area (Å²) in [4.78, 5) is 16.8. The van der Waals surface area contributed by atoms with Crippen molar-refractivity contribution in [3.05, 3.63) is 72.2 Å². The molecule has 0 saturated carbocycles. The molecule has 7 heteroatoms. The molecule has 0 saturated heterocycles. The first-order valence-corrected chi connectivity index (χ1v) is 7.61. The third kappa shape index (κ3) is 3.95. The molecule has 124 valence electrons. The Balaban J connectivity index is 1.89. The van der Waals surface area contributed by atoms with E-state index < -0.39 is 11.6 Å². The second-order valence-electron chi connectivity index (χ2n) is 5.52. The summed E-state index contributed by atoms with van der Waals surface area (Å²) in [7, 11) is 1.83. The van der Waals surface area contributed by atoms with Crippen LogP contribution >= 0.6 is 0 Å². The summed E-state index contributed by atoms with van der Waals surface area (Å²) in [6, 6.07) is 14.6. The van der Waals surface area contributed by atoms with Crippen molar-refractivity contribution >= 4 is 36.4 Å². The van der Waals surface area contributed by atoms with Crippen LogP contribution in [0.15, 0.2) is 60.8 Å². The summed E-state index contributed by atoms with van der Waals surface area (Å²) in [5.41, 5.74) is 2.19. The topological polar surface area (TPSA) is 74.2 Å². The number of hydrogen-bond acceptors (Lipinski definition) is 4. The van der Waals surface area contributed by atoms with Crippen molar-refractivity contribution in [3.63, 3.8) is 0 Å². The van der Waals surface area contributed by atoms with E-state index in [1.807, 2.05) is 26.0 Å². The number of phenols is 1. The molecule has 3 rings (SSSR count). The van der Waals surface area contributed by atoms with Crippen LogP contribution in [0.3, 0.4) is 0 Å². The zero-order valence-electron chi connectivity index (χ0n) is 13.5. The number of anilines is 3. The number of aromatic hydroxyl groups is 1. The number of amides is 1. The van der Waals surface area contributed by atoms with E-state index in [0.29, 0.717) is 22.8 Å². The number of phenolic OH excluding ortho intramolecular Hbond substituents is 1. The Morgan fingerprint density at radius 3 is 2.56 bits per heavy atom. The van der Waals surface area contributed by atoms with Crippen LogP contribution in [-0.4, -0.2) is 23.8 Å². The molecule has 5 nitrogen and oxygen atoms in total. The fraction of sp³-hybridized carbons (Fsp3) is 0. The molecule has 0 atom stereocenters. The summed E-state index contributed by atoms with van der Waals surface area (Å²) >= 11 is 0. The highest BCUT2D eigenvalue weighted by Gasteiger charge is 2.14. The van der Waals surface area contributed by atoms with E-state index in [1.165, 1.54) is 12.1 Å². The number of nitrogens with zero attached hydrogens (tertiary/aromatic N) is 1. The average molecular weight is 335 g/mol. The van der Waals surface area contributed by atoms with Crippen molar-refractivity contribution < 1.29 is 14.3 Å². The molecule has 1 heterocycles. The third-order valence-electron chi connectivity index (χ3n) is 3.51. The SMILES string of the molecule is Bc1cnc(Nc2ccc(O)c(F)c2)c(C(=O)Nc2ccccc2)c1. The van der Waals surface area contributed by atoms with Crippen molar-refractivity contribution in [2.75, 3.05) is 10.6 Å². The van der Waals surface area contributed by atoms with Gasteiger partial charge >= 0.3 is 0 Å². The second kappa shape index (κ2) is 7.04. The molecule has 25 heavy (non-hydrogen) atoms. The number of halogens is 1. The van der Waals surface area contributed by atoms with Gasteiger partial charge in [-0.3, -0.25) is 4.79 Å². The van der Waals surface area contributed by atoms with Gasteiger partial charge in [-0.15, -0.1) is 0 Å². The van der Waals surface area contributed by atoms with Crippen molar-refractivity contribution in [1.29, 1.82) is 0 Å². The number of benzene rings is 2. The largest absolute Gasteiger partial charge is 0.505 e. The molecule has 0 aliphatic rings. The monoisotopic (exact) mass is 335 g/mol. The quantitative estimate of drug-likeness (QED) is 0.505. The molecule has 0 fully saturated rings. The van der Waals surface area contributed by atoms with Crippen LogP contribution in [0, 0.1) is 5.82 Å². The highest BCUT2D eigenvalue weighted by molar-refractivity contribution is 6.32. The minimum atomic E-state index is -0.757. The Hall–Kier alpha value is -3.35. The predicted octanol–water partition coefficient (Wildman–Crippen LogP) is 2.18. The van der Waals surface area contributed by atoms with Gasteiger partial charge in [-0.1, -0.05) is 29.7 Å². The van der Waals surface area contributed by atoms with Crippen LogP contribution in [0.25, 0.3) is 0 Å². The van der Waals surface area contributed by atoms with Crippen LogP contribution in [0.5, 0.6) is 5.75 Å². The first-order valence-electron chi connectivity index (χ1n) is 7.61. The molecule has 0 bridgehead atoms. The van der Waals surface area contributed by atoms with Crippen LogP contribution in [0.1, 0.15) is 10.4 Å². The van der Waals surface area contributed by atoms with E-state index in [9.17, 15) is 14.3 Å². The number of hydrogen-bond donors (Lipinski definition) is 3. The molecule has 0 unspecified atom stereocenters. The molecule has 0 radical (unpaired) electrons. The summed E-state index contributed by atoms with van der Waals surface area (Å²) in [6.45, 7) is 0. The van der Waals surface area contributed by atoms with Gasteiger partial charge in [0.1, 0.15) is 13.7 Å². The van der Waals surface area contributed by atoms with Crippen LogP contribution in [0.4, 0.5) is 21.6 Å². The lowest BCUT2D eigenvalue weighted by molar-refractivity contribution is 0.102. The maximum atomic E-state index is 13.5. The van der Waals surface area contributed by atoms with Gasteiger partial charge in [-0.05, 0) is 24.3 Å². The van der Waals surface area contributed by atoms with E-state index in [-0.39, 0.29) is 5.91 Å². The lowest BCUT2D eigenvalue weighted by Gasteiger charge is -2.12. The summed E-state index contributed by atoms with van der Waals surface area (Å²) < 4.78 is 13.5. The van der Waals surface area contributed by atoms with E-state index in [4.69, 9.17) is 0 Å². The van der Waals surface area contributed by atoms with Crippen molar-refractivity contribution in [2.24, 2.45) is 0 Å². The standard InChI is InChI=1S/C18H15BFN3O2/c19-11-8-14(18(25)23-12-4-2-1-3-5-12)17(21-10-11)22-13-6-7-16(24)15(20)9-13/h1-10,24H,19H2,(H,21,22)(H,23,25). The highest BCUT2D eigenvalue weighted by atomic mass is 19.1. The molecular formula is C18H15BFN3O2. The first kappa shape index (κ1) is 16.5. The normalized spacial score (nSPS) is 10.3. The van der Waals surface area contributed by atoms with E-state index in [0.717, 1.165) is 11.5 Å². The molecular weight excluding hydrogens is 320 g/mol. The van der Waals surface area contributed by atoms with E-state index >= 15 is 0 Å². The summed E-state index contributed by atoms with van der Waals surface area (Å²) in [5.74, 6) is -1.23. The molecule has 3 aromatic rings. The number of pyridine rings is 1. The van der Waals surface area contributed by atoms with E-state index in [2.05, 4.69) is 15.6 Å². The van der Waals surface area contributed by atoms with Gasteiger partial charge in [0.05, 0.1) is 5.56 Å². The Labute approximate surface area is 145 Å². The van der Waals surface area contributed by atoms with Crippen LogP contribution in [-0.2, 0) is 0 Å². The molecule has 0 spiro atoms. The minimum Gasteiger partial charge on any atom is -0.505 e. The Morgan fingerprint density at radius 2 is 1.84 bits per heavy atom. The van der Waals surface area contributed by atoms with Crippen LogP contribution < -0.4 is 16.1 Å². The highest BCUT2D eigenvalue weighted by Crippen LogP contribution is 2.23. The smallest absolute Gasteiger partial charge is 0.259 e. The van der Waals surface area contributed by atoms with Gasteiger partial charge in [0.2, 0.25) is 0 Å². The van der Waals surface area contributed by atoms with Gasteiger partial charge < -0.3 is 15.7 Å². The Morgan fingerprint density at radius 1 is 1.08 bits per heavy atom. The van der Waals surface area contributed by atoms with Crippen molar-refractivity contribution in [1.82, 2.24) is 4.98 Å². The zero-order valence-corrected chi connectivity index (χ0v) is 13.5. The maximum Gasteiger partial charge on any atom is 0.259 e. The van der Waals surface area contributed by atoms with Gasteiger partial charge in [-0.2, -0.15) is 0 Å². The fourth-order valence-electron chi connectivity index (χ4n) is 2.28. The number of nitrogens with one attached hydrogen (secondary N) is 2. The van der Waals surface area contributed by atoms with Gasteiger partial charge in [0.25, 0.3) is 5.91 Å². The van der Waals surface area contributed by atoms with Gasteiger partial charge in [0, 0.05) is 23.6 Å². The van der Waals surface area contributed by atoms with Crippen LogP contribution in [0.2, 0.25) is 0 Å². The lowest BCUT2D eigenvalue weighted by atomic mass is 9.96. The molecule has 0 aliphatic carbocycles. The molecule has 3 N–H and O–H groups in total. The molecule has 0 aliphatic heterocycles. The number of carbonyl (C=O) groups excluding carboxylic acids is 1. The number of para-hydroxylation sites is 1. The maximum absolute atomic E-state index is 13.5. The predicted molar refractivity (Wildman–Crippen MR) is 98.2 cm³/mol. The van der Waals surface area contributed by atoms with Gasteiger partial charge in [-0.25, -0.2) is 9.37 Å². The molecule has 1 amide bonds. The number of carbonyl (C=O) groups is 1. The average Bonchev–Trinajstić information content (AvgIpc) is 2.60. The van der Waals surface area contributed by atoms with E-state index in [1.54, 1.807) is 24.4 Å². The Kier molecular flexibility index (Phi) is 4.65. The summed E-state index contributed by atoms with van der Waals surface area (Å²) in [6.07, 6.45) is 1.61. The molecule has 1 aromatic heterocycles. The Bertz CT molecular complexity index is 919. The lowest BCUT2D eigenvalue weighted by Crippen LogP contribution is -2.18. The number of aromatic nitrogens is 1. The first-order chi connectivity index (χ1) is 12.0. The fourth-order valence-corrected chi connectivity index (χ4v) is 2.28. The summed E-state index contributed by atoms with van der Waals surface area (Å²) in [5, 5.41) is 15.0. The minimum absolute atomic E-state index is 0.295. The van der Waals surface area contributed by atoms with Gasteiger partial charge in [0.15, 0.2) is 11.6 Å². The zero-order chi connectivity index (χ0) is 17.8. The molecule has 2 aromatic carbocycles. The third-order valence-corrected chi connectivity index (χ3v) is 3.51. The second-order valence-corrected chi connectivity index (χ2v) is 5.52. The van der Waals surface area contributed by atoms with Crippen molar-refractivity contribution in [3.8, 4) is 5.75 Å². The number of rotatable bonds is 4.